The SMILES string of the molecule is CCCN(C(=O)Cn1ncc2c(=O)oc3ccc(C)cc3c21)c1ccc(CC)cc1. The van der Waals surface area contributed by atoms with Crippen molar-refractivity contribution in [1.82, 2.24) is 9.78 Å². The Morgan fingerprint density at radius 1 is 1.10 bits per heavy atom. The van der Waals surface area contributed by atoms with Gasteiger partial charge in [-0.25, -0.2) is 4.79 Å². The molecule has 2 aromatic carbocycles. The lowest BCUT2D eigenvalue weighted by atomic mass is 10.1. The van der Waals surface area contributed by atoms with Crippen molar-refractivity contribution in [2.75, 3.05) is 11.4 Å². The molecule has 0 aliphatic heterocycles. The predicted molar refractivity (Wildman–Crippen MR) is 119 cm³/mol. The summed E-state index contributed by atoms with van der Waals surface area (Å²) < 4.78 is 7.03. The Balaban J connectivity index is 1.75. The van der Waals surface area contributed by atoms with Crippen LogP contribution in [0.3, 0.4) is 0 Å². The van der Waals surface area contributed by atoms with E-state index in [1.54, 1.807) is 15.6 Å². The van der Waals surface area contributed by atoms with Gasteiger partial charge in [-0.2, -0.15) is 5.10 Å². The van der Waals surface area contributed by atoms with Crippen LogP contribution in [0.5, 0.6) is 0 Å². The third-order valence-corrected chi connectivity index (χ3v) is 5.34. The van der Waals surface area contributed by atoms with Gasteiger partial charge in [-0.15, -0.1) is 0 Å². The summed E-state index contributed by atoms with van der Waals surface area (Å²) in [6, 6.07) is 13.7. The molecule has 0 saturated heterocycles. The second kappa shape index (κ2) is 8.14. The number of nitrogens with zero attached hydrogens (tertiary/aromatic N) is 3. The maximum atomic E-state index is 13.3. The molecule has 0 spiro atoms. The van der Waals surface area contributed by atoms with Gasteiger partial charge >= 0.3 is 5.63 Å². The van der Waals surface area contributed by atoms with Crippen LogP contribution in [-0.4, -0.2) is 22.2 Å². The van der Waals surface area contributed by atoms with E-state index >= 15 is 0 Å². The summed E-state index contributed by atoms with van der Waals surface area (Å²) in [6.07, 6.45) is 3.28. The molecular formula is C24H25N3O3. The molecule has 4 aromatic rings. The quantitative estimate of drug-likeness (QED) is 0.446. The highest BCUT2D eigenvalue weighted by atomic mass is 16.4. The van der Waals surface area contributed by atoms with Gasteiger partial charge in [0, 0.05) is 17.6 Å². The Morgan fingerprint density at radius 3 is 2.57 bits per heavy atom. The van der Waals surface area contributed by atoms with Gasteiger partial charge in [-0.3, -0.25) is 9.48 Å². The molecule has 0 atom stereocenters. The van der Waals surface area contributed by atoms with Gasteiger partial charge in [0.15, 0.2) is 0 Å². The number of fused-ring (bicyclic) bond motifs is 3. The summed E-state index contributed by atoms with van der Waals surface area (Å²) in [4.78, 5) is 27.4. The van der Waals surface area contributed by atoms with Crippen LogP contribution in [0.1, 0.15) is 31.4 Å². The van der Waals surface area contributed by atoms with E-state index in [2.05, 4.69) is 24.2 Å². The largest absolute Gasteiger partial charge is 0.422 e. The zero-order chi connectivity index (χ0) is 21.3. The van der Waals surface area contributed by atoms with Gasteiger partial charge in [0.1, 0.15) is 17.5 Å². The molecule has 30 heavy (non-hydrogen) atoms. The van der Waals surface area contributed by atoms with Crippen molar-refractivity contribution >= 4 is 33.5 Å². The van der Waals surface area contributed by atoms with Gasteiger partial charge in [-0.05, 0) is 49.6 Å². The van der Waals surface area contributed by atoms with Crippen molar-refractivity contribution in [1.29, 1.82) is 0 Å². The summed E-state index contributed by atoms with van der Waals surface area (Å²) >= 11 is 0. The Kier molecular flexibility index (Phi) is 5.40. The van der Waals surface area contributed by atoms with Gasteiger partial charge in [0.2, 0.25) is 5.91 Å². The maximum absolute atomic E-state index is 13.3. The van der Waals surface area contributed by atoms with E-state index < -0.39 is 5.63 Å². The number of rotatable bonds is 6. The van der Waals surface area contributed by atoms with E-state index in [-0.39, 0.29) is 12.5 Å². The maximum Gasteiger partial charge on any atom is 0.347 e. The minimum Gasteiger partial charge on any atom is -0.422 e. The first-order chi connectivity index (χ1) is 14.5. The van der Waals surface area contributed by atoms with Crippen molar-refractivity contribution in [2.45, 2.75) is 40.2 Å². The van der Waals surface area contributed by atoms with Crippen molar-refractivity contribution < 1.29 is 9.21 Å². The van der Waals surface area contributed by atoms with E-state index in [0.717, 1.165) is 29.5 Å². The summed E-state index contributed by atoms with van der Waals surface area (Å²) in [5.74, 6) is -0.0693. The Labute approximate surface area is 174 Å². The average molecular weight is 403 g/mol. The molecule has 0 bridgehead atoms. The second-order valence-corrected chi connectivity index (χ2v) is 7.52. The van der Waals surface area contributed by atoms with Crippen LogP contribution in [0, 0.1) is 6.92 Å². The fourth-order valence-corrected chi connectivity index (χ4v) is 3.76. The first-order valence-corrected chi connectivity index (χ1v) is 10.3. The zero-order valence-electron chi connectivity index (χ0n) is 17.5. The number of hydrogen-bond donors (Lipinski definition) is 0. The number of carbonyl (C=O) groups is 1. The zero-order valence-corrected chi connectivity index (χ0v) is 17.5. The van der Waals surface area contributed by atoms with Crippen molar-refractivity contribution in [2.24, 2.45) is 0 Å². The van der Waals surface area contributed by atoms with E-state index in [0.29, 0.717) is 23.0 Å². The topological polar surface area (TPSA) is 68.3 Å². The molecule has 0 aliphatic rings. The number of anilines is 1. The molecule has 6 nitrogen and oxygen atoms in total. The van der Waals surface area contributed by atoms with E-state index in [1.807, 2.05) is 38.1 Å². The molecule has 0 N–H and O–H groups in total. The van der Waals surface area contributed by atoms with Crippen molar-refractivity contribution in [3.63, 3.8) is 0 Å². The lowest BCUT2D eigenvalue weighted by Gasteiger charge is -2.23. The highest BCUT2D eigenvalue weighted by molar-refractivity contribution is 6.03. The van der Waals surface area contributed by atoms with Crippen LogP contribution in [-0.2, 0) is 17.8 Å². The number of benzene rings is 2. The molecule has 0 aliphatic carbocycles. The van der Waals surface area contributed by atoms with Gasteiger partial charge in [-0.1, -0.05) is 37.6 Å². The highest BCUT2D eigenvalue weighted by Gasteiger charge is 2.19. The smallest absolute Gasteiger partial charge is 0.347 e. The lowest BCUT2D eigenvalue weighted by Crippen LogP contribution is -2.34. The second-order valence-electron chi connectivity index (χ2n) is 7.52. The van der Waals surface area contributed by atoms with Crippen LogP contribution in [0.15, 0.2) is 57.9 Å². The molecule has 1 amide bonds. The fourth-order valence-electron chi connectivity index (χ4n) is 3.76. The standard InChI is InChI=1S/C24H25N3O3/c1-4-12-26(18-9-7-17(5-2)8-10-18)22(28)15-27-23-19-13-16(3)6-11-21(19)30-24(29)20(23)14-25-27/h6-11,13-14H,4-5,12,15H2,1-3H3. The molecule has 6 heteroatoms. The van der Waals surface area contributed by atoms with E-state index in [1.165, 1.54) is 11.8 Å². The van der Waals surface area contributed by atoms with Gasteiger partial charge in [0.05, 0.1) is 11.7 Å². The third kappa shape index (κ3) is 3.61. The monoisotopic (exact) mass is 403 g/mol. The summed E-state index contributed by atoms with van der Waals surface area (Å²) in [6.45, 7) is 6.79. The van der Waals surface area contributed by atoms with Crippen molar-refractivity contribution in [3.8, 4) is 0 Å². The normalized spacial score (nSPS) is 11.3. The molecule has 0 radical (unpaired) electrons. The number of aryl methyl sites for hydroxylation is 2. The Hall–Kier alpha value is -3.41. The molecule has 0 saturated carbocycles. The predicted octanol–water partition coefficient (Wildman–Crippen LogP) is 4.46. The minimum absolute atomic E-state index is 0.0471. The highest BCUT2D eigenvalue weighted by Crippen LogP contribution is 2.24. The number of hydrogen-bond acceptors (Lipinski definition) is 4. The third-order valence-electron chi connectivity index (χ3n) is 5.34. The summed E-state index contributed by atoms with van der Waals surface area (Å²) in [7, 11) is 0. The molecular weight excluding hydrogens is 378 g/mol. The van der Waals surface area contributed by atoms with E-state index in [9.17, 15) is 9.59 Å². The molecule has 0 fully saturated rings. The number of carbonyl (C=O) groups excluding carboxylic acids is 1. The van der Waals surface area contributed by atoms with Crippen LogP contribution >= 0.6 is 0 Å². The van der Waals surface area contributed by atoms with Crippen LogP contribution < -0.4 is 10.5 Å². The van der Waals surface area contributed by atoms with Crippen molar-refractivity contribution in [3.05, 3.63) is 70.2 Å². The fraction of sp³-hybridized carbons (Fsp3) is 0.292. The van der Waals surface area contributed by atoms with Crippen LogP contribution in [0.4, 0.5) is 5.69 Å². The summed E-state index contributed by atoms with van der Waals surface area (Å²) in [5, 5.41) is 5.51. The van der Waals surface area contributed by atoms with Crippen LogP contribution in [0.25, 0.3) is 21.9 Å². The average Bonchev–Trinajstić information content (AvgIpc) is 3.17. The van der Waals surface area contributed by atoms with E-state index in [4.69, 9.17) is 4.42 Å². The number of amides is 1. The molecule has 4 rings (SSSR count). The van der Waals surface area contributed by atoms with Gasteiger partial charge < -0.3 is 9.32 Å². The first-order valence-electron chi connectivity index (χ1n) is 10.3. The minimum atomic E-state index is -0.444. The van der Waals surface area contributed by atoms with Crippen LogP contribution in [0.2, 0.25) is 0 Å². The first kappa shape index (κ1) is 19.9. The molecule has 2 aromatic heterocycles. The molecule has 0 unspecified atom stereocenters. The van der Waals surface area contributed by atoms with Gasteiger partial charge in [0.25, 0.3) is 0 Å². The molecule has 2 heterocycles. The lowest BCUT2D eigenvalue weighted by molar-refractivity contribution is -0.119. The molecule has 154 valence electrons. The Morgan fingerprint density at radius 2 is 1.87 bits per heavy atom. The Bertz CT molecular complexity index is 1270. The summed E-state index contributed by atoms with van der Waals surface area (Å²) in [5.41, 5.74) is 3.83. The number of aromatic nitrogens is 2.